The number of rotatable bonds is 4. The summed E-state index contributed by atoms with van der Waals surface area (Å²) in [7, 11) is 0. The zero-order chi connectivity index (χ0) is 24.0. The molecule has 1 aliphatic heterocycles. The molecule has 1 saturated heterocycles. The molecule has 1 aromatic heterocycles. The lowest BCUT2D eigenvalue weighted by Crippen LogP contribution is -2.60. The first-order valence-electron chi connectivity index (χ1n) is 9.64. The third kappa shape index (κ3) is 3.90. The molecule has 1 fully saturated rings. The maximum absolute atomic E-state index is 12.7. The van der Waals surface area contributed by atoms with Gasteiger partial charge in [-0.2, -0.15) is 0 Å². The first-order valence-corrected chi connectivity index (χ1v) is 9.64. The van der Waals surface area contributed by atoms with Crippen LogP contribution in [0.15, 0.2) is 39.5 Å². The Morgan fingerprint density at radius 2 is 1.61 bits per heavy atom. The summed E-state index contributed by atoms with van der Waals surface area (Å²) in [5, 5.41) is 78.8. The number of hydrogen-bond donors (Lipinski definition) is 8. The van der Waals surface area contributed by atoms with E-state index in [0.717, 1.165) is 18.2 Å². The van der Waals surface area contributed by atoms with E-state index in [0.29, 0.717) is 0 Å². The molecule has 12 heteroatoms. The van der Waals surface area contributed by atoms with Crippen molar-refractivity contribution in [2.45, 2.75) is 30.7 Å². The van der Waals surface area contributed by atoms with E-state index >= 15 is 0 Å². The quantitative estimate of drug-likeness (QED) is 0.229. The molecule has 0 bridgehead atoms. The van der Waals surface area contributed by atoms with Crippen LogP contribution in [0.3, 0.4) is 0 Å². The molecule has 2 heterocycles. The molecule has 0 spiro atoms. The van der Waals surface area contributed by atoms with Crippen molar-refractivity contribution in [1.29, 1.82) is 0 Å². The van der Waals surface area contributed by atoms with Crippen molar-refractivity contribution in [3.63, 3.8) is 0 Å². The minimum atomic E-state index is -1.82. The molecule has 0 aliphatic carbocycles. The number of benzene rings is 2. The lowest BCUT2D eigenvalue weighted by molar-refractivity contribution is -0.277. The number of aliphatic hydroxyl groups excluding tert-OH is 4. The second-order valence-corrected chi connectivity index (χ2v) is 7.44. The van der Waals surface area contributed by atoms with Crippen molar-refractivity contribution < 1.29 is 54.7 Å². The molecule has 5 atom stereocenters. The summed E-state index contributed by atoms with van der Waals surface area (Å²) in [5.74, 6) is -3.11. The monoisotopic (exact) mass is 464 g/mol. The van der Waals surface area contributed by atoms with Crippen molar-refractivity contribution >= 4 is 11.0 Å². The van der Waals surface area contributed by atoms with Crippen molar-refractivity contribution in [2.24, 2.45) is 0 Å². The van der Waals surface area contributed by atoms with Crippen LogP contribution in [0.5, 0.6) is 28.7 Å². The minimum absolute atomic E-state index is 0.0378. The van der Waals surface area contributed by atoms with E-state index in [4.69, 9.17) is 13.9 Å². The number of aromatic hydroxyl groups is 4. The topological polar surface area (TPSA) is 211 Å². The van der Waals surface area contributed by atoms with Crippen molar-refractivity contribution in [1.82, 2.24) is 0 Å². The Kier molecular flexibility index (Phi) is 5.78. The molecule has 1 aliphatic rings. The zero-order valence-electron chi connectivity index (χ0n) is 16.7. The maximum atomic E-state index is 12.7. The van der Waals surface area contributed by atoms with Gasteiger partial charge in [0, 0.05) is 17.7 Å². The van der Waals surface area contributed by atoms with Gasteiger partial charge in [-0.15, -0.1) is 0 Å². The predicted molar refractivity (Wildman–Crippen MR) is 109 cm³/mol. The number of ether oxygens (including phenoxy) is 2. The fourth-order valence-corrected chi connectivity index (χ4v) is 3.49. The van der Waals surface area contributed by atoms with E-state index in [1.807, 2.05) is 0 Å². The number of aliphatic hydroxyl groups is 4. The third-order valence-electron chi connectivity index (χ3n) is 5.27. The fourth-order valence-electron chi connectivity index (χ4n) is 3.49. The largest absolute Gasteiger partial charge is 0.504 e. The Balaban J connectivity index is 1.75. The molecule has 12 nitrogen and oxygen atoms in total. The van der Waals surface area contributed by atoms with Gasteiger partial charge in [0.05, 0.1) is 6.61 Å². The number of hydrogen-bond acceptors (Lipinski definition) is 12. The fraction of sp³-hybridized carbons (Fsp3) is 0.286. The lowest BCUT2D eigenvalue weighted by atomic mass is 9.99. The molecule has 8 N–H and O–H groups in total. The summed E-state index contributed by atoms with van der Waals surface area (Å²) in [6.07, 6.45) is -8.25. The van der Waals surface area contributed by atoms with Gasteiger partial charge in [0.25, 0.3) is 0 Å². The highest BCUT2D eigenvalue weighted by atomic mass is 16.7. The smallest absolute Gasteiger partial charge is 0.229 e. The van der Waals surface area contributed by atoms with E-state index in [1.165, 1.54) is 12.1 Å². The average Bonchev–Trinajstić information content (AvgIpc) is 2.77. The number of fused-ring (bicyclic) bond motifs is 1. The molecule has 3 aromatic rings. The first-order chi connectivity index (χ1) is 15.6. The van der Waals surface area contributed by atoms with E-state index in [2.05, 4.69) is 0 Å². The van der Waals surface area contributed by atoms with Crippen LogP contribution >= 0.6 is 0 Å². The summed E-state index contributed by atoms with van der Waals surface area (Å²) >= 11 is 0. The summed E-state index contributed by atoms with van der Waals surface area (Å²) < 4.78 is 16.0. The molecule has 33 heavy (non-hydrogen) atoms. The van der Waals surface area contributed by atoms with Gasteiger partial charge in [0.1, 0.15) is 41.1 Å². The van der Waals surface area contributed by atoms with Crippen LogP contribution < -0.4 is 10.2 Å². The molecular formula is C21H20O12. The predicted octanol–water partition coefficient (Wildman–Crippen LogP) is -0.539. The number of phenolic OH excluding ortho intramolecular Hbond substituents is 4. The third-order valence-corrected chi connectivity index (χ3v) is 5.27. The maximum Gasteiger partial charge on any atom is 0.229 e. The summed E-state index contributed by atoms with van der Waals surface area (Å²) in [6.45, 7) is -0.723. The summed E-state index contributed by atoms with van der Waals surface area (Å²) in [6, 6.07) is 5.66. The molecule has 0 amide bonds. The van der Waals surface area contributed by atoms with Gasteiger partial charge in [0.2, 0.25) is 12.0 Å². The van der Waals surface area contributed by atoms with Crippen LogP contribution in [0.2, 0.25) is 0 Å². The van der Waals surface area contributed by atoms with Crippen LogP contribution in [0.1, 0.15) is 0 Å². The van der Waals surface area contributed by atoms with Gasteiger partial charge in [-0.3, -0.25) is 4.79 Å². The molecule has 4 rings (SSSR count). The van der Waals surface area contributed by atoms with Crippen LogP contribution in [-0.4, -0.2) is 78.2 Å². The Hall–Kier alpha value is -3.55. The van der Waals surface area contributed by atoms with E-state index in [1.54, 1.807) is 0 Å². The van der Waals surface area contributed by atoms with Gasteiger partial charge in [-0.1, -0.05) is 0 Å². The Bertz CT molecular complexity index is 1250. The highest BCUT2D eigenvalue weighted by Crippen LogP contribution is 2.43. The molecular weight excluding hydrogens is 444 g/mol. The van der Waals surface area contributed by atoms with Gasteiger partial charge in [-0.05, 0) is 18.2 Å². The molecule has 2 aromatic carbocycles. The Labute approximate surface area is 184 Å². The molecule has 176 valence electrons. The second-order valence-electron chi connectivity index (χ2n) is 7.44. The normalized spacial score (nSPS) is 25.3. The Morgan fingerprint density at radius 1 is 0.879 bits per heavy atom. The van der Waals surface area contributed by atoms with Crippen molar-refractivity contribution in [3.05, 3.63) is 40.6 Å². The van der Waals surface area contributed by atoms with E-state index < -0.39 is 65.7 Å². The standard InChI is InChI=1S/C21H20O12/c22-6-14-16(27)18(29)19(30)21(32-14)33-20-11(26)5-13-15(17(20)28)10(25)4-12(31-13)7-1-2-8(23)9(24)3-7/h1-5,14,16,18-19,21-24,26-30H,6H2/t14-,16+,18+,19-,21+/m0/s1. The van der Waals surface area contributed by atoms with Gasteiger partial charge in [-0.25, -0.2) is 0 Å². The SMILES string of the molecule is O=c1cc(-c2ccc(O)c(O)c2)oc2cc(O)c(O[C@H]3O[C@@H](CO)[C@@H](O)[C@@H](O)[C@@H]3O)c(O)c12. The van der Waals surface area contributed by atoms with Crippen molar-refractivity contribution in [3.8, 4) is 40.1 Å². The summed E-state index contributed by atoms with van der Waals surface area (Å²) in [4.78, 5) is 12.7. The highest BCUT2D eigenvalue weighted by molar-refractivity contribution is 5.89. The van der Waals surface area contributed by atoms with Crippen LogP contribution in [0.4, 0.5) is 0 Å². The van der Waals surface area contributed by atoms with Crippen LogP contribution in [0, 0.1) is 0 Å². The van der Waals surface area contributed by atoms with Gasteiger partial charge < -0.3 is 54.7 Å². The first kappa shape index (κ1) is 22.6. The van der Waals surface area contributed by atoms with Gasteiger partial charge >= 0.3 is 0 Å². The highest BCUT2D eigenvalue weighted by Gasteiger charge is 2.45. The second kappa shape index (κ2) is 8.42. The molecule has 0 radical (unpaired) electrons. The number of phenols is 4. The molecule has 0 unspecified atom stereocenters. The van der Waals surface area contributed by atoms with Gasteiger partial charge in [0.15, 0.2) is 28.4 Å². The minimum Gasteiger partial charge on any atom is -0.504 e. The van der Waals surface area contributed by atoms with Crippen LogP contribution in [0.25, 0.3) is 22.3 Å². The van der Waals surface area contributed by atoms with Crippen LogP contribution in [-0.2, 0) is 4.74 Å². The lowest BCUT2D eigenvalue weighted by Gasteiger charge is -2.39. The summed E-state index contributed by atoms with van der Waals surface area (Å²) in [5.41, 5.74) is -0.777. The van der Waals surface area contributed by atoms with Crippen molar-refractivity contribution in [2.75, 3.05) is 6.61 Å². The zero-order valence-corrected chi connectivity index (χ0v) is 16.7. The van der Waals surface area contributed by atoms with E-state index in [9.17, 15) is 45.6 Å². The molecule has 0 saturated carbocycles. The average molecular weight is 464 g/mol. The Morgan fingerprint density at radius 3 is 2.27 bits per heavy atom. The van der Waals surface area contributed by atoms with E-state index in [-0.39, 0.29) is 28.0 Å².